The third kappa shape index (κ3) is 4.05. The van der Waals surface area contributed by atoms with Crippen LogP contribution in [0.1, 0.15) is 5.56 Å². The van der Waals surface area contributed by atoms with E-state index in [-0.39, 0.29) is 12.5 Å². The highest BCUT2D eigenvalue weighted by Gasteiger charge is 2.07. The number of aromatic nitrogens is 1. The maximum absolute atomic E-state index is 11.7. The van der Waals surface area contributed by atoms with Crippen LogP contribution in [0.2, 0.25) is 10.0 Å². The number of hydrogen-bond acceptors (Lipinski definition) is 2. The van der Waals surface area contributed by atoms with Crippen molar-refractivity contribution in [2.75, 3.05) is 0 Å². The topological polar surface area (TPSA) is 45.3 Å². The molecular formula is C14H12Cl2N3O+. The van der Waals surface area contributed by atoms with Crippen molar-refractivity contribution in [1.29, 1.82) is 0 Å². The molecule has 0 fully saturated rings. The lowest BCUT2D eigenvalue weighted by Crippen LogP contribution is -2.40. The molecule has 0 atom stereocenters. The number of benzene rings is 1. The number of carbonyl (C=O) groups is 1. The van der Waals surface area contributed by atoms with Crippen molar-refractivity contribution in [3.63, 3.8) is 0 Å². The SMILES string of the molecule is O=C(C[n+]1ccccc1)N/N=C\c1c(Cl)cccc1Cl. The Labute approximate surface area is 126 Å². The summed E-state index contributed by atoms with van der Waals surface area (Å²) in [7, 11) is 0. The molecule has 20 heavy (non-hydrogen) atoms. The van der Waals surface area contributed by atoms with Gasteiger partial charge in [-0.2, -0.15) is 9.67 Å². The highest BCUT2D eigenvalue weighted by atomic mass is 35.5. The van der Waals surface area contributed by atoms with Crippen molar-refractivity contribution in [2.24, 2.45) is 5.10 Å². The lowest BCUT2D eigenvalue weighted by molar-refractivity contribution is -0.684. The number of carbonyl (C=O) groups excluding carboxylic acids is 1. The van der Waals surface area contributed by atoms with Gasteiger partial charge >= 0.3 is 5.91 Å². The largest absolute Gasteiger partial charge is 0.305 e. The Morgan fingerprint density at radius 1 is 1.15 bits per heavy atom. The van der Waals surface area contributed by atoms with Crippen LogP contribution in [0.25, 0.3) is 0 Å². The molecule has 1 heterocycles. The van der Waals surface area contributed by atoms with Crippen LogP contribution in [-0.4, -0.2) is 12.1 Å². The number of nitrogens with zero attached hydrogens (tertiary/aromatic N) is 2. The van der Waals surface area contributed by atoms with Crippen LogP contribution in [0.4, 0.5) is 0 Å². The summed E-state index contributed by atoms with van der Waals surface area (Å²) in [4.78, 5) is 11.7. The van der Waals surface area contributed by atoms with Crippen LogP contribution in [0.3, 0.4) is 0 Å². The molecule has 0 aliphatic carbocycles. The van der Waals surface area contributed by atoms with Crippen LogP contribution >= 0.6 is 23.2 Å². The van der Waals surface area contributed by atoms with Crippen molar-refractivity contribution in [3.8, 4) is 0 Å². The molecule has 1 aromatic carbocycles. The zero-order valence-electron chi connectivity index (χ0n) is 10.5. The molecule has 0 aliphatic rings. The summed E-state index contributed by atoms with van der Waals surface area (Å²) in [5.41, 5.74) is 3.00. The summed E-state index contributed by atoms with van der Waals surface area (Å²) in [5, 5.41) is 4.81. The van der Waals surface area contributed by atoms with Crippen LogP contribution in [0.5, 0.6) is 0 Å². The van der Waals surface area contributed by atoms with E-state index in [0.717, 1.165) is 0 Å². The van der Waals surface area contributed by atoms with Gasteiger partial charge in [0.25, 0.3) is 0 Å². The summed E-state index contributed by atoms with van der Waals surface area (Å²) >= 11 is 12.0. The summed E-state index contributed by atoms with van der Waals surface area (Å²) in [6.07, 6.45) is 5.03. The van der Waals surface area contributed by atoms with Gasteiger partial charge in [0.15, 0.2) is 12.4 Å². The van der Waals surface area contributed by atoms with Gasteiger partial charge < -0.3 is 0 Å². The summed E-state index contributed by atoms with van der Waals surface area (Å²) < 4.78 is 1.74. The van der Waals surface area contributed by atoms with Crippen molar-refractivity contribution < 1.29 is 9.36 Å². The van der Waals surface area contributed by atoms with E-state index in [9.17, 15) is 4.79 Å². The molecule has 6 heteroatoms. The average Bonchev–Trinajstić information content (AvgIpc) is 2.43. The molecule has 102 valence electrons. The number of nitrogens with one attached hydrogen (secondary N) is 1. The van der Waals surface area contributed by atoms with Crippen LogP contribution in [-0.2, 0) is 11.3 Å². The van der Waals surface area contributed by atoms with Gasteiger partial charge in [-0.05, 0) is 12.1 Å². The van der Waals surface area contributed by atoms with Gasteiger partial charge in [-0.15, -0.1) is 0 Å². The molecular weight excluding hydrogens is 297 g/mol. The van der Waals surface area contributed by atoms with Gasteiger partial charge in [0.1, 0.15) is 0 Å². The molecule has 0 spiro atoms. The van der Waals surface area contributed by atoms with Crippen molar-refractivity contribution in [2.45, 2.75) is 6.54 Å². The lowest BCUT2D eigenvalue weighted by atomic mass is 10.2. The normalized spacial score (nSPS) is 10.7. The summed E-state index contributed by atoms with van der Waals surface area (Å²) in [6.45, 7) is 0.189. The smallest absolute Gasteiger partial charge is 0.266 e. The van der Waals surface area contributed by atoms with Crippen molar-refractivity contribution in [1.82, 2.24) is 5.43 Å². The van der Waals surface area contributed by atoms with Crippen LogP contribution in [0.15, 0.2) is 53.9 Å². The Morgan fingerprint density at radius 3 is 2.45 bits per heavy atom. The number of pyridine rings is 1. The molecule has 0 bridgehead atoms. The molecule has 2 aromatic rings. The first-order chi connectivity index (χ1) is 9.66. The highest BCUT2D eigenvalue weighted by molar-refractivity contribution is 6.38. The highest BCUT2D eigenvalue weighted by Crippen LogP contribution is 2.21. The van der Waals surface area contributed by atoms with Crippen molar-refractivity contribution >= 4 is 35.3 Å². The number of halogens is 2. The molecule has 0 saturated heterocycles. The van der Waals surface area contributed by atoms with E-state index in [0.29, 0.717) is 15.6 Å². The summed E-state index contributed by atoms with van der Waals surface area (Å²) in [6, 6.07) is 10.7. The molecule has 1 N–H and O–H groups in total. The first-order valence-electron chi connectivity index (χ1n) is 5.87. The minimum Gasteiger partial charge on any atom is -0.266 e. The zero-order valence-corrected chi connectivity index (χ0v) is 12.0. The Balaban J connectivity index is 1.95. The Kier molecular flexibility index (Phi) is 5.09. The minimum atomic E-state index is -0.236. The van der Waals surface area contributed by atoms with E-state index in [2.05, 4.69) is 10.5 Å². The fourth-order valence-electron chi connectivity index (χ4n) is 1.54. The second-order valence-corrected chi connectivity index (χ2v) is 4.79. The first kappa shape index (κ1) is 14.5. The monoisotopic (exact) mass is 308 g/mol. The van der Waals surface area contributed by atoms with Gasteiger partial charge in [-0.25, -0.2) is 5.43 Å². The predicted molar refractivity (Wildman–Crippen MR) is 78.8 cm³/mol. The van der Waals surface area contributed by atoms with E-state index < -0.39 is 0 Å². The van der Waals surface area contributed by atoms with Crippen LogP contribution in [0, 0.1) is 0 Å². The molecule has 1 amide bonds. The third-order valence-corrected chi connectivity index (χ3v) is 3.15. The van der Waals surface area contributed by atoms with Gasteiger partial charge in [-0.1, -0.05) is 35.3 Å². The molecule has 4 nitrogen and oxygen atoms in total. The number of amides is 1. The first-order valence-corrected chi connectivity index (χ1v) is 6.62. The maximum atomic E-state index is 11.7. The molecule has 0 unspecified atom stereocenters. The third-order valence-electron chi connectivity index (χ3n) is 2.49. The Bertz CT molecular complexity index is 609. The zero-order chi connectivity index (χ0) is 14.4. The molecule has 0 radical (unpaired) electrons. The van der Waals surface area contributed by atoms with Gasteiger partial charge in [0.05, 0.1) is 16.3 Å². The van der Waals surface area contributed by atoms with E-state index in [4.69, 9.17) is 23.2 Å². The fourth-order valence-corrected chi connectivity index (χ4v) is 2.04. The molecule has 1 aromatic heterocycles. The summed E-state index contributed by atoms with van der Waals surface area (Å²) in [5.74, 6) is -0.236. The van der Waals surface area contributed by atoms with Gasteiger partial charge in [0, 0.05) is 17.7 Å². The second kappa shape index (κ2) is 7.03. The van der Waals surface area contributed by atoms with Crippen LogP contribution < -0.4 is 9.99 Å². The standard InChI is InChI=1S/C14H11Cl2N3O/c15-12-5-4-6-13(16)11(12)9-17-18-14(20)10-19-7-2-1-3-8-19/h1-9H,10H2/p+1/b17-9-. The molecule has 0 saturated carbocycles. The lowest BCUT2D eigenvalue weighted by Gasteiger charge is -2.00. The van der Waals surface area contributed by atoms with Crippen molar-refractivity contribution in [3.05, 3.63) is 64.4 Å². The van der Waals surface area contributed by atoms with E-state index >= 15 is 0 Å². The fraction of sp³-hybridized carbons (Fsp3) is 0.0714. The van der Waals surface area contributed by atoms with E-state index in [1.807, 2.05) is 18.2 Å². The minimum absolute atomic E-state index is 0.189. The Morgan fingerprint density at radius 2 is 1.80 bits per heavy atom. The second-order valence-electron chi connectivity index (χ2n) is 3.98. The maximum Gasteiger partial charge on any atom is 0.305 e. The van der Waals surface area contributed by atoms with Gasteiger partial charge in [-0.3, -0.25) is 4.79 Å². The van der Waals surface area contributed by atoms with E-state index in [1.165, 1.54) is 6.21 Å². The molecule has 0 aliphatic heterocycles. The van der Waals surface area contributed by atoms with E-state index in [1.54, 1.807) is 35.2 Å². The number of rotatable bonds is 4. The predicted octanol–water partition coefficient (Wildman–Crippen LogP) is 2.43. The number of hydrazone groups is 1. The quantitative estimate of drug-likeness (QED) is 0.526. The average molecular weight is 309 g/mol. The van der Waals surface area contributed by atoms with Gasteiger partial charge in [0.2, 0.25) is 6.54 Å². The number of hydrogen-bond donors (Lipinski definition) is 1. The Hall–Kier alpha value is -1.91. The molecule has 2 rings (SSSR count).